The molecule has 0 radical (unpaired) electrons. The van der Waals surface area contributed by atoms with E-state index in [1.54, 1.807) is 6.92 Å². The molecule has 110 valence electrons. The van der Waals surface area contributed by atoms with Crippen LogP contribution in [0.5, 0.6) is 0 Å². The van der Waals surface area contributed by atoms with Crippen LogP contribution in [-0.2, 0) is 13.9 Å². The highest BCUT2D eigenvalue weighted by Crippen LogP contribution is 2.13. The summed E-state index contributed by atoms with van der Waals surface area (Å²) in [7, 11) is 3.17. The predicted octanol–water partition coefficient (Wildman–Crippen LogP) is 1.07. The lowest BCUT2D eigenvalue weighted by molar-refractivity contribution is -0.117. The Hall–Kier alpha value is -0.390. The zero-order valence-electron chi connectivity index (χ0n) is 11.4. The molecule has 18 heavy (non-hydrogen) atoms. The van der Waals surface area contributed by atoms with Gasteiger partial charge in [-0.05, 0) is 34.5 Å². The van der Waals surface area contributed by atoms with Gasteiger partial charge in [-0.1, -0.05) is 6.58 Å². The normalized spacial score (nSPS) is 10.8. The number of carbonyl (C=O) groups excluding carboxylic acids is 1. The van der Waals surface area contributed by atoms with Crippen LogP contribution < -0.4 is 5.32 Å². The molecule has 0 rings (SSSR count). The number of carbonyl (C=O) groups is 1. The van der Waals surface area contributed by atoms with Crippen molar-refractivity contribution < 1.29 is 18.8 Å². The minimum absolute atomic E-state index is 0. The van der Waals surface area contributed by atoms with Crippen LogP contribution in [0.25, 0.3) is 0 Å². The zero-order valence-corrected chi connectivity index (χ0v) is 13.2. The lowest BCUT2D eigenvalue weighted by Crippen LogP contribution is -2.25. The molecule has 0 bridgehead atoms. The van der Waals surface area contributed by atoms with Crippen molar-refractivity contribution >= 4 is 26.6 Å². The smallest absolute Gasteiger partial charge is 0.316 e. The Kier molecular flexibility index (Phi) is 18.6. The van der Waals surface area contributed by atoms with Crippen LogP contribution in [-0.4, -0.2) is 50.0 Å². The molecule has 8 heteroatoms. The largest absolute Gasteiger partial charge is 0.352 e. The molecule has 0 aromatic heterocycles. The van der Waals surface area contributed by atoms with Gasteiger partial charge in [-0.25, -0.2) is 0 Å². The van der Waals surface area contributed by atoms with Gasteiger partial charge in [0.15, 0.2) is 0 Å². The van der Waals surface area contributed by atoms with E-state index in [2.05, 4.69) is 16.4 Å². The van der Waals surface area contributed by atoms with Crippen LogP contribution in [0.3, 0.4) is 0 Å². The first-order valence-corrected chi connectivity index (χ1v) is 6.44. The number of nitrogens with one attached hydrogen (secondary N) is 1. The van der Waals surface area contributed by atoms with Crippen molar-refractivity contribution in [3.8, 4) is 0 Å². The maximum Gasteiger partial charge on any atom is 0.316 e. The first kappa shape index (κ1) is 22.8. The third-order valence-electron chi connectivity index (χ3n) is 1.22. The standard InChI is InChI=1S/C7H14NO4P.C3H9N.ClH/c1-6(2)7(9)8-4-3-5-12-13(10)11;1-4(2)3;/h13H,1,3-5H2,2H3,(H,8,9)(H,10,11);1-3H3;1H. The second-order valence-electron chi connectivity index (χ2n) is 3.85. The topological polar surface area (TPSA) is 78.9 Å². The van der Waals surface area contributed by atoms with E-state index < -0.39 is 8.25 Å². The van der Waals surface area contributed by atoms with Gasteiger partial charge in [0.2, 0.25) is 5.91 Å². The Balaban J connectivity index is -0.000000392. The van der Waals surface area contributed by atoms with Crippen LogP contribution in [0.2, 0.25) is 0 Å². The van der Waals surface area contributed by atoms with Crippen molar-refractivity contribution in [2.45, 2.75) is 13.3 Å². The Morgan fingerprint density at radius 1 is 1.44 bits per heavy atom. The molecule has 0 saturated carbocycles. The van der Waals surface area contributed by atoms with Gasteiger partial charge in [-0.3, -0.25) is 9.36 Å². The maximum absolute atomic E-state index is 10.9. The highest BCUT2D eigenvalue weighted by atomic mass is 35.5. The molecule has 0 aromatic carbocycles. The summed E-state index contributed by atoms with van der Waals surface area (Å²) in [5.74, 6) is -0.211. The predicted molar refractivity (Wildman–Crippen MR) is 76.5 cm³/mol. The van der Waals surface area contributed by atoms with Gasteiger partial charge < -0.3 is 19.6 Å². The maximum atomic E-state index is 10.9. The first-order chi connectivity index (χ1) is 7.77. The van der Waals surface area contributed by atoms with Gasteiger partial charge in [0.1, 0.15) is 0 Å². The number of nitrogens with zero attached hydrogens (tertiary/aromatic N) is 1. The molecular weight excluding hydrogens is 279 g/mol. The van der Waals surface area contributed by atoms with Crippen LogP contribution in [0, 0.1) is 0 Å². The average molecular weight is 303 g/mol. The molecular formula is C10H24ClN2O4P. The van der Waals surface area contributed by atoms with Gasteiger partial charge in [0, 0.05) is 12.1 Å². The minimum atomic E-state index is -2.83. The quantitative estimate of drug-likeness (QED) is 0.436. The van der Waals surface area contributed by atoms with Crippen molar-refractivity contribution in [1.82, 2.24) is 10.2 Å². The number of rotatable bonds is 6. The van der Waals surface area contributed by atoms with Crippen LogP contribution in [0.1, 0.15) is 13.3 Å². The lowest BCUT2D eigenvalue weighted by atomic mass is 10.3. The molecule has 0 heterocycles. The van der Waals surface area contributed by atoms with E-state index in [9.17, 15) is 9.36 Å². The number of amides is 1. The molecule has 0 aliphatic heterocycles. The van der Waals surface area contributed by atoms with Crippen LogP contribution in [0.4, 0.5) is 0 Å². The summed E-state index contributed by atoms with van der Waals surface area (Å²) in [5, 5.41) is 2.56. The van der Waals surface area contributed by atoms with Crippen LogP contribution in [0.15, 0.2) is 12.2 Å². The summed E-state index contributed by atoms with van der Waals surface area (Å²) >= 11 is 0. The summed E-state index contributed by atoms with van der Waals surface area (Å²) in [6, 6.07) is 0. The molecule has 2 N–H and O–H groups in total. The molecule has 0 aliphatic carbocycles. The number of halogens is 1. The Morgan fingerprint density at radius 3 is 2.22 bits per heavy atom. The lowest BCUT2D eigenvalue weighted by Gasteiger charge is -2.03. The SMILES string of the molecule is C=C(C)C(=O)NCCCO[PH](=O)O.CN(C)C.Cl. The van der Waals surface area contributed by atoms with Crippen molar-refractivity contribution in [2.75, 3.05) is 34.3 Å². The van der Waals surface area contributed by atoms with Gasteiger partial charge in [-0.15, -0.1) is 12.4 Å². The van der Waals surface area contributed by atoms with Crippen molar-refractivity contribution in [3.63, 3.8) is 0 Å². The molecule has 1 amide bonds. The molecule has 0 saturated heterocycles. The van der Waals surface area contributed by atoms with Gasteiger partial charge in [0.25, 0.3) is 0 Å². The van der Waals surface area contributed by atoms with E-state index >= 15 is 0 Å². The van der Waals surface area contributed by atoms with Gasteiger partial charge >= 0.3 is 8.25 Å². The summed E-state index contributed by atoms with van der Waals surface area (Å²) in [6.07, 6.45) is 0.510. The summed E-state index contributed by atoms with van der Waals surface area (Å²) in [5.41, 5.74) is 0.441. The Labute approximate surface area is 116 Å². The second kappa shape index (κ2) is 14.7. The average Bonchev–Trinajstić information content (AvgIpc) is 2.15. The van der Waals surface area contributed by atoms with Gasteiger partial charge in [0.05, 0.1) is 6.61 Å². The highest BCUT2D eigenvalue weighted by Gasteiger charge is 1.99. The third kappa shape index (κ3) is 24.7. The zero-order chi connectivity index (χ0) is 13.8. The fraction of sp³-hybridized carbons (Fsp3) is 0.700. The molecule has 0 aromatic rings. The summed E-state index contributed by atoms with van der Waals surface area (Å²) < 4.78 is 14.5. The summed E-state index contributed by atoms with van der Waals surface area (Å²) in [6.45, 7) is 5.65. The number of hydrogen-bond acceptors (Lipinski definition) is 4. The van der Waals surface area contributed by atoms with Crippen LogP contribution >= 0.6 is 20.7 Å². The third-order valence-corrected chi connectivity index (χ3v) is 1.67. The molecule has 0 fully saturated rings. The van der Waals surface area contributed by atoms with Crippen molar-refractivity contribution in [3.05, 3.63) is 12.2 Å². The van der Waals surface area contributed by atoms with E-state index in [1.807, 2.05) is 26.0 Å². The molecule has 0 aliphatic rings. The first-order valence-electron chi connectivity index (χ1n) is 5.17. The van der Waals surface area contributed by atoms with E-state index in [0.717, 1.165) is 0 Å². The van der Waals surface area contributed by atoms with E-state index in [1.165, 1.54) is 0 Å². The molecule has 6 nitrogen and oxygen atoms in total. The van der Waals surface area contributed by atoms with Crippen molar-refractivity contribution in [2.24, 2.45) is 0 Å². The van der Waals surface area contributed by atoms with E-state index in [0.29, 0.717) is 18.5 Å². The number of hydrogen-bond donors (Lipinski definition) is 2. The van der Waals surface area contributed by atoms with E-state index in [4.69, 9.17) is 4.89 Å². The second-order valence-corrected chi connectivity index (χ2v) is 4.67. The van der Waals surface area contributed by atoms with E-state index in [-0.39, 0.29) is 24.9 Å². The van der Waals surface area contributed by atoms with Crippen molar-refractivity contribution in [1.29, 1.82) is 0 Å². The van der Waals surface area contributed by atoms with Gasteiger partial charge in [-0.2, -0.15) is 0 Å². The Bertz CT molecular complexity index is 260. The Morgan fingerprint density at radius 2 is 1.89 bits per heavy atom. The molecule has 0 spiro atoms. The fourth-order valence-electron chi connectivity index (χ4n) is 0.584. The molecule has 1 unspecified atom stereocenters. The fourth-order valence-corrected chi connectivity index (χ4v) is 0.903. The minimum Gasteiger partial charge on any atom is -0.352 e. The summed E-state index contributed by atoms with van der Waals surface area (Å²) in [4.78, 5) is 21.2. The highest BCUT2D eigenvalue weighted by molar-refractivity contribution is 7.32. The molecule has 1 atom stereocenters. The monoisotopic (exact) mass is 302 g/mol.